The number of primary amides is 1. The highest BCUT2D eigenvalue weighted by atomic mass is 19.4. The minimum atomic E-state index is -4.42. The van der Waals surface area contributed by atoms with Gasteiger partial charge in [0, 0.05) is 24.6 Å². The maximum absolute atomic E-state index is 12.7. The maximum atomic E-state index is 12.7. The molecule has 2 N–H and O–H groups in total. The van der Waals surface area contributed by atoms with Gasteiger partial charge in [-0.2, -0.15) is 18.2 Å². The molecule has 1 fully saturated rings. The largest absolute Gasteiger partial charge is 0.476 e. The average Bonchev–Trinajstić information content (AvgIpc) is 3.23. The normalized spacial score (nSPS) is 13.7. The summed E-state index contributed by atoms with van der Waals surface area (Å²) in [6, 6.07) is 12.1. The van der Waals surface area contributed by atoms with E-state index >= 15 is 0 Å². The van der Waals surface area contributed by atoms with E-state index in [0.717, 1.165) is 18.6 Å². The Labute approximate surface area is 198 Å². The zero-order chi connectivity index (χ0) is 25.0. The third-order valence-corrected chi connectivity index (χ3v) is 5.27. The Balaban J connectivity index is 1.46. The Hall–Kier alpha value is -4.15. The molecule has 182 valence electrons. The van der Waals surface area contributed by atoms with Gasteiger partial charge in [0.2, 0.25) is 11.8 Å². The lowest BCUT2D eigenvalue weighted by molar-refractivity contribution is -0.137. The number of nitrogens with zero attached hydrogens (tertiary/aromatic N) is 3. The summed E-state index contributed by atoms with van der Waals surface area (Å²) in [6.07, 6.45) is -3.07. The molecule has 2 aromatic carbocycles. The SMILES string of the molecule is NC(=O)c1cc(OCCN2CCCC2=O)nc(-c2ccc(Oc3ccc(C(F)(F)F)cc3)cc2)n1. The van der Waals surface area contributed by atoms with Gasteiger partial charge in [-0.3, -0.25) is 9.59 Å². The zero-order valence-electron chi connectivity index (χ0n) is 18.4. The number of hydrogen-bond acceptors (Lipinski definition) is 6. The van der Waals surface area contributed by atoms with Crippen LogP contribution in [0.25, 0.3) is 11.4 Å². The van der Waals surface area contributed by atoms with Gasteiger partial charge in [-0.15, -0.1) is 0 Å². The highest BCUT2D eigenvalue weighted by Gasteiger charge is 2.30. The predicted octanol–water partition coefficient (Wildman–Crippen LogP) is 4.05. The van der Waals surface area contributed by atoms with Gasteiger partial charge in [0.05, 0.1) is 12.1 Å². The summed E-state index contributed by atoms with van der Waals surface area (Å²) >= 11 is 0. The van der Waals surface area contributed by atoms with Gasteiger partial charge in [0.1, 0.15) is 23.8 Å². The number of ether oxygens (including phenoxy) is 2. The standard InChI is InChI=1S/C24H21F3N4O4/c25-24(26,27)16-5-9-18(10-6-16)35-17-7-3-15(4-8-17)23-29-19(22(28)33)14-20(30-23)34-13-12-31-11-1-2-21(31)32/h3-10,14H,1-2,11-13H2,(H2,28,33). The van der Waals surface area contributed by atoms with Crippen molar-refractivity contribution in [1.82, 2.24) is 14.9 Å². The number of rotatable bonds is 8. The third kappa shape index (κ3) is 6.05. The second-order valence-corrected chi connectivity index (χ2v) is 7.76. The molecule has 1 saturated heterocycles. The van der Waals surface area contributed by atoms with Crippen molar-refractivity contribution in [1.29, 1.82) is 0 Å². The van der Waals surface area contributed by atoms with Crippen molar-refractivity contribution in [2.75, 3.05) is 19.7 Å². The molecule has 35 heavy (non-hydrogen) atoms. The van der Waals surface area contributed by atoms with Crippen molar-refractivity contribution in [3.05, 3.63) is 65.9 Å². The fraction of sp³-hybridized carbons (Fsp3) is 0.250. The van der Waals surface area contributed by atoms with Gasteiger partial charge >= 0.3 is 6.18 Å². The molecular formula is C24H21F3N4O4. The molecule has 0 aliphatic carbocycles. The van der Waals surface area contributed by atoms with E-state index in [0.29, 0.717) is 30.8 Å². The molecule has 1 aliphatic rings. The lowest BCUT2D eigenvalue weighted by Gasteiger charge is -2.15. The summed E-state index contributed by atoms with van der Waals surface area (Å²) in [6.45, 7) is 1.28. The third-order valence-electron chi connectivity index (χ3n) is 5.27. The van der Waals surface area contributed by atoms with Crippen LogP contribution in [0, 0.1) is 0 Å². The lowest BCUT2D eigenvalue weighted by Crippen LogP contribution is -2.29. The maximum Gasteiger partial charge on any atom is 0.416 e. The van der Waals surface area contributed by atoms with E-state index in [-0.39, 0.29) is 35.7 Å². The number of nitrogens with two attached hydrogens (primary N) is 1. The number of hydrogen-bond donors (Lipinski definition) is 1. The number of benzene rings is 2. The summed E-state index contributed by atoms with van der Waals surface area (Å²) in [5, 5.41) is 0. The molecule has 8 nitrogen and oxygen atoms in total. The van der Waals surface area contributed by atoms with Crippen LogP contribution in [-0.2, 0) is 11.0 Å². The van der Waals surface area contributed by atoms with Gasteiger partial charge in [-0.1, -0.05) is 0 Å². The van der Waals surface area contributed by atoms with Gasteiger partial charge in [-0.25, -0.2) is 4.98 Å². The number of halogens is 3. The molecular weight excluding hydrogens is 465 g/mol. The molecule has 0 atom stereocenters. The van der Waals surface area contributed by atoms with Crippen molar-refractivity contribution >= 4 is 11.8 Å². The van der Waals surface area contributed by atoms with Crippen LogP contribution in [0.5, 0.6) is 17.4 Å². The van der Waals surface area contributed by atoms with Crippen LogP contribution in [0.4, 0.5) is 13.2 Å². The van der Waals surface area contributed by atoms with E-state index in [1.54, 1.807) is 29.2 Å². The van der Waals surface area contributed by atoms with Crippen LogP contribution in [0.1, 0.15) is 28.9 Å². The smallest absolute Gasteiger partial charge is 0.416 e. The number of carbonyl (C=O) groups excluding carboxylic acids is 2. The molecule has 11 heteroatoms. The van der Waals surface area contributed by atoms with E-state index in [2.05, 4.69) is 9.97 Å². The molecule has 1 aromatic heterocycles. The fourth-order valence-corrected chi connectivity index (χ4v) is 3.48. The monoisotopic (exact) mass is 486 g/mol. The van der Waals surface area contributed by atoms with Gasteiger partial charge in [0.25, 0.3) is 5.91 Å². The zero-order valence-corrected chi connectivity index (χ0v) is 18.4. The second-order valence-electron chi connectivity index (χ2n) is 7.76. The van der Waals surface area contributed by atoms with Crippen LogP contribution in [0.2, 0.25) is 0 Å². The van der Waals surface area contributed by atoms with Crippen LogP contribution in [0.3, 0.4) is 0 Å². The first kappa shape index (κ1) is 24.0. The molecule has 0 unspecified atom stereocenters. The number of aromatic nitrogens is 2. The number of carbonyl (C=O) groups is 2. The summed E-state index contributed by atoms with van der Waals surface area (Å²) in [5.41, 5.74) is 5.13. The van der Waals surface area contributed by atoms with Crippen molar-refractivity contribution in [3.8, 4) is 28.8 Å². The Kier molecular flexibility index (Phi) is 6.85. The predicted molar refractivity (Wildman–Crippen MR) is 119 cm³/mol. The first-order valence-electron chi connectivity index (χ1n) is 10.7. The van der Waals surface area contributed by atoms with E-state index in [4.69, 9.17) is 15.2 Å². The number of amides is 2. The quantitative estimate of drug-likeness (QED) is 0.515. The van der Waals surface area contributed by atoms with E-state index in [1.165, 1.54) is 18.2 Å². The molecule has 2 amide bonds. The highest BCUT2D eigenvalue weighted by molar-refractivity contribution is 5.91. The Bertz CT molecular complexity index is 1210. The van der Waals surface area contributed by atoms with Crippen LogP contribution in [0.15, 0.2) is 54.6 Å². The van der Waals surface area contributed by atoms with Crippen molar-refractivity contribution in [2.45, 2.75) is 19.0 Å². The minimum absolute atomic E-state index is 0.0349. The first-order valence-corrected chi connectivity index (χ1v) is 10.7. The molecule has 0 radical (unpaired) electrons. The molecule has 0 spiro atoms. The Morgan fingerprint density at radius 3 is 2.26 bits per heavy atom. The second kappa shape index (κ2) is 10.00. The van der Waals surface area contributed by atoms with Gasteiger partial charge in [-0.05, 0) is 55.0 Å². The van der Waals surface area contributed by atoms with Crippen molar-refractivity contribution in [3.63, 3.8) is 0 Å². The van der Waals surface area contributed by atoms with Crippen LogP contribution < -0.4 is 15.2 Å². The van der Waals surface area contributed by atoms with Crippen LogP contribution in [-0.4, -0.2) is 46.4 Å². The first-order chi connectivity index (χ1) is 16.7. The molecule has 3 aromatic rings. The van der Waals surface area contributed by atoms with E-state index in [9.17, 15) is 22.8 Å². The minimum Gasteiger partial charge on any atom is -0.476 e. The molecule has 2 heterocycles. The fourth-order valence-electron chi connectivity index (χ4n) is 3.48. The summed E-state index contributed by atoms with van der Waals surface area (Å²) in [4.78, 5) is 33.7. The van der Waals surface area contributed by atoms with Crippen LogP contribution >= 0.6 is 0 Å². The summed E-state index contributed by atoms with van der Waals surface area (Å²) in [7, 11) is 0. The van der Waals surface area contributed by atoms with Gasteiger partial charge in [0.15, 0.2) is 5.82 Å². The van der Waals surface area contributed by atoms with Crippen molar-refractivity contribution < 1.29 is 32.2 Å². The van der Waals surface area contributed by atoms with Crippen molar-refractivity contribution in [2.24, 2.45) is 5.73 Å². The molecule has 4 rings (SSSR count). The van der Waals surface area contributed by atoms with E-state index in [1.807, 2.05) is 0 Å². The number of alkyl halides is 3. The van der Waals surface area contributed by atoms with E-state index < -0.39 is 17.6 Å². The Morgan fingerprint density at radius 2 is 1.69 bits per heavy atom. The molecule has 0 saturated carbocycles. The lowest BCUT2D eigenvalue weighted by atomic mass is 10.2. The molecule has 1 aliphatic heterocycles. The topological polar surface area (TPSA) is 108 Å². The average molecular weight is 486 g/mol. The summed E-state index contributed by atoms with van der Waals surface area (Å²) < 4.78 is 49.4. The highest BCUT2D eigenvalue weighted by Crippen LogP contribution is 2.32. The number of likely N-dealkylation sites (tertiary alicyclic amines) is 1. The summed E-state index contributed by atoms with van der Waals surface area (Å²) in [5.74, 6) is 0.273. The Morgan fingerprint density at radius 1 is 1.03 bits per heavy atom. The van der Waals surface area contributed by atoms with Gasteiger partial charge < -0.3 is 20.1 Å². The molecule has 0 bridgehead atoms.